The van der Waals surface area contributed by atoms with E-state index in [-0.39, 0.29) is 5.91 Å². The minimum Gasteiger partial charge on any atom is -0.337 e. The molecule has 0 N–H and O–H groups in total. The van der Waals surface area contributed by atoms with Crippen LogP contribution < -0.4 is 0 Å². The van der Waals surface area contributed by atoms with Gasteiger partial charge in [0, 0.05) is 32.4 Å². The minimum atomic E-state index is 0.247. The predicted octanol–water partition coefficient (Wildman–Crippen LogP) is 2.72. The number of benzene rings is 1. The van der Waals surface area contributed by atoms with Crippen LogP contribution in [0.5, 0.6) is 0 Å². The molecule has 4 nitrogen and oxygen atoms in total. The third kappa shape index (κ3) is 3.15. The van der Waals surface area contributed by atoms with E-state index in [4.69, 9.17) is 0 Å². The highest BCUT2D eigenvalue weighted by Gasteiger charge is 2.24. The fraction of sp³-hybridized carbons (Fsp3) is 0.412. The molecule has 1 aromatic heterocycles. The second kappa shape index (κ2) is 6.12. The van der Waals surface area contributed by atoms with Crippen molar-refractivity contribution in [2.45, 2.75) is 31.7 Å². The molecule has 2 aromatic rings. The first kappa shape index (κ1) is 13.9. The van der Waals surface area contributed by atoms with Gasteiger partial charge in [0.2, 0.25) is 5.91 Å². The molecule has 1 unspecified atom stereocenters. The largest absolute Gasteiger partial charge is 0.337 e. The van der Waals surface area contributed by atoms with Gasteiger partial charge in [0.1, 0.15) is 5.82 Å². The summed E-state index contributed by atoms with van der Waals surface area (Å²) >= 11 is 0. The smallest absolute Gasteiger partial charge is 0.222 e. The van der Waals surface area contributed by atoms with Crippen molar-refractivity contribution >= 4 is 5.91 Å². The summed E-state index contributed by atoms with van der Waals surface area (Å²) in [5.74, 6) is 1.68. The van der Waals surface area contributed by atoms with Crippen molar-refractivity contribution in [3.05, 3.63) is 54.1 Å². The number of carbonyl (C=O) groups excluding carboxylic acids is 1. The number of likely N-dealkylation sites (tertiary alicyclic amines) is 1. The maximum Gasteiger partial charge on any atom is 0.222 e. The van der Waals surface area contributed by atoms with Gasteiger partial charge < -0.3 is 9.47 Å². The van der Waals surface area contributed by atoms with E-state index in [9.17, 15) is 4.79 Å². The molecule has 0 radical (unpaired) electrons. The van der Waals surface area contributed by atoms with E-state index in [2.05, 4.69) is 29.2 Å². The van der Waals surface area contributed by atoms with Crippen LogP contribution in [0.1, 0.15) is 36.6 Å². The van der Waals surface area contributed by atoms with Gasteiger partial charge in [0.25, 0.3) is 0 Å². The number of hydrogen-bond acceptors (Lipinski definition) is 2. The van der Waals surface area contributed by atoms with E-state index in [1.54, 1.807) is 6.20 Å². The molecule has 1 aromatic carbocycles. The Morgan fingerprint density at radius 3 is 2.76 bits per heavy atom. The molecule has 1 atom stereocenters. The lowest BCUT2D eigenvalue weighted by Crippen LogP contribution is -2.30. The third-order valence-electron chi connectivity index (χ3n) is 4.33. The molecule has 0 spiro atoms. The number of imidazole rings is 1. The molecule has 4 heteroatoms. The molecule has 1 aliphatic rings. The van der Waals surface area contributed by atoms with Crippen LogP contribution >= 0.6 is 0 Å². The summed E-state index contributed by atoms with van der Waals surface area (Å²) in [6.45, 7) is 1.43. The van der Waals surface area contributed by atoms with Gasteiger partial charge in [-0.05, 0) is 24.3 Å². The minimum absolute atomic E-state index is 0.247. The van der Waals surface area contributed by atoms with Crippen LogP contribution in [0.3, 0.4) is 0 Å². The topological polar surface area (TPSA) is 38.1 Å². The van der Waals surface area contributed by atoms with Crippen LogP contribution in [0, 0.1) is 0 Å². The zero-order valence-electron chi connectivity index (χ0n) is 12.4. The standard InChI is InChI=1S/C17H21N3O/c1-19-12-10-18-16(19)13-20-11-9-15(7-8-17(20)21)14-5-3-2-4-6-14/h2-6,10,12,15H,7-9,11,13H2,1H3. The van der Waals surface area contributed by atoms with E-state index < -0.39 is 0 Å². The molecule has 0 saturated carbocycles. The van der Waals surface area contributed by atoms with Crippen molar-refractivity contribution < 1.29 is 4.79 Å². The maximum atomic E-state index is 12.3. The molecule has 21 heavy (non-hydrogen) atoms. The number of aryl methyl sites for hydroxylation is 1. The van der Waals surface area contributed by atoms with Crippen LogP contribution in [0.4, 0.5) is 0 Å². The van der Waals surface area contributed by atoms with Crippen molar-refractivity contribution in [2.75, 3.05) is 6.54 Å². The molecule has 0 aliphatic carbocycles. The second-order valence-corrected chi connectivity index (χ2v) is 5.70. The summed E-state index contributed by atoms with van der Waals surface area (Å²) in [6.07, 6.45) is 6.30. The molecule has 3 rings (SSSR count). The van der Waals surface area contributed by atoms with E-state index in [1.165, 1.54) is 5.56 Å². The highest BCUT2D eigenvalue weighted by Crippen LogP contribution is 2.28. The third-order valence-corrected chi connectivity index (χ3v) is 4.33. The fourth-order valence-electron chi connectivity index (χ4n) is 2.98. The zero-order valence-corrected chi connectivity index (χ0v) is 12.4. The van der Waals surface area contributed by atoms with Gasteiger partial charge in [0.15, 0.2) is 0 Å². The summed E-state index contributed by atoms with van der Waals surface area (Å²) in [5.41, 5.74) is 1.35. The first-order chi connectivity index (χ1) is 10.2. The lowest BCUT2D eigenvalue weighted by Gasteiger charge is -2.20. The summed E-state index contributed by atoms with van der Waals surface area (Å²) in [5, 5.41) is 0. The van der Waals surface area contributed by atoms with Crippen molar-refractivity contribution in [1.82, 2.24) is 14.5 Å². The van der Waals surface area contributed by atoms with Gasteiger partial charge in [-0.15, -0.1) is 0 Å². The molecule has 1 aliphatic heterocycles. The van der Waals surface area contributed by atoms with Crippen molar-refractivity contribution in [3.8, 4) is 0 Å². The van der Waals surface area contributed by atoms with E-state index in [1.807, 2.05) is 28.8 Å². The first-order valence-electron chi connectivity index (χ1n) is 7.53. The Kier molecular flexibility index (Phi) is 4.04. The van der Waals surface area contributed by atoms with Gasteiger partial charge in [-0.25, -0.2) is 4.98 Å². The van der Waals surface area contributed by atoms with Gasteiger partial charge in [-0.1, -0.05) is 30.3 Å². The van der Waals surface area contributed by atoms with Gasteiger partial charge in [0.05, 0.1) is 6.54 Å². The number of nitrogens with zero attached hydrogens (tertiary/aromatic N) is 3. The first-order valence-corrected chi connectivity index (χ1v) is 7.53. The predicted molar refractivity (Wildman–Crippen MR) is 81.7 cm³/mol. The molecule has 1 saturated heterocycles. The highest BCUT2D eigenvalue weighted by molar-refractivity contribution is 5.76. The fourth-order valence-corrected chi connectivity index (χ4v) is 2.98. The molecule has 2 heterocycles. The Morgan fingerprint density at radius 2 is 2.05 bits per heavy atom. The Hall–Kier alpha value is -2.10. The van der Waals surface area contributed by atoms with Crippen LogP contribution in [-0.4, -0.2) is 26.9 Å². The van der Waals surface area contributed by atoms with Crippen LogP contribution in [0.15, 0.2) is 42.7 Å². The molecule has 1 fully saturated rings. The lowest BCUT2D eigenvalue weighted by atomic mass is 9.92. The Balaban J connectivity index is 1.69. The zero-order chi connectivity index (χ0) is 14.7. The molecule has 0 bridgehead atoms. The molecule has 110 valence electrons. The number of rotatable bonds is 3. The maximum absolute atomic E-state index is 12.3. The van der Waals surface area contributed by atoms with E-state index in [0.29, 0.717) is 18.9 Å². The summed E-state index contributed by atoms with van der Waals surface area (Å²) in [7, 11) is 1.97. The Bertz CT molecular complexity index is 606. The highest BCUT2D eigenvalue weighted by atomic mass is 16.2. The Labute approximate surface area is 125 Å². The summed E-state index contributed by atoms with van der Waals surface area (Å²) in [6, 6.07) is 10.5. The molecular formula is C17H21N3O. The quantitative estimate of drug-likeness (QED) is 0.868. The van der Waals surface area contributed by atoms with Crippen LogP contribution in [-0.2, 0) is 18.4 Å². The van der Waals surface area contributed by atoms with Crippen molar-refractivity contribution in [1.29, 1.82) is 0 Å². The van der Waals surface area contributed by atoms with Crippen LogP contribution in [0.25, 0.3) is 0 Å². The van der Waals surface area contributed by atoms with Gasteiger partial charge >= 0.3 is 0 Å². The van der Waals surface area contributed by atoms with Crippen LogP contribution in [0.2, 0.25) is 0 Å². The average Bonchev–Trinajstić information content (AvgIpc) is 2.82. The molecule has 1 amide bonds. The van der Waals surface area contributed by atoms with Gasteiger partial charge in [-0.2, -0.15) is 0 Å². The molecular weight excluding hydrogens is 262 g/mol. The number of aromatic nitrogens is 2. The summed E-state index contributed by atoms with van der Waals surface area (Å²) in [4.78, 5) is 18.6. The lowest BCUT2D eigenvalue weighted by molar-refractivity contribution is -0.131. The SMILES string of the molecule is Cn1ccnc1CN1CCC(c2ccccc2)CCC1=O. The normalized spacial score (nSPS) is 19.6. The van der Waals surface area contributed by atoms with Gasteiger partial charge in [-0.3, -0.25) is 4.79 Å². The van der Waals surface area contributed by atoms with E-state index in [0.717, 1.165) is 25.2 Å². The monoisotopic (exact) mass is 283 g/mol. The average molecular weight is 283 g/mol. The number of hydrogen-bond donors (Lipinski definition) is 0. The van der Waals surface area contributed by atoms with Crippen molar-refractivity contribution in [3.63, 3.8) is 0 Å². The Morgan fingerprint density at radius 1 is 1.24 bits per heavy atom. The van der Waals surface area contributed by atoms with E-state index >= 15 is 0 Å². The van der Waals surface area contributed by atoms with Crippen molar-refractivity contribution in [2.24, 2.45) is 7.05 Å². The second-order valence-electron chi connectivity index (χ2n) is 5.70. The number of carbonyl (C=O) groups is 1. The number of amides is 1. The summed E-state index contributed by atoms with van der Waals surface area (Å²) < 4.78 is 1.98.